The number of ketones is 1. The summed E-state index contributed by atoms with van der Waals surface area (Å²) in [6.07, 6.45) is 0. The van der Waals surface area contributed by atoms with Crippen molar-refractivity contribution in [2.75, 3.05) is 7.11 Å². The summed E-state index contributed by atoms with van der Waals surface area (Å²) in [5.74, 6) is -0.643. The molecule has 0 fully saturated rings. The van der Waals surface area contributed by atoms with E-state index in [2.05, 4.69) is 4.98 Å². The Labute approximate surface area is 130 Å². The lowest BCUT2D eigenvalue weighted by molar-refractivity contribution is 0.103. The molecule has 1 heterocycles. The second-order valence-corrected chi connectivity index (χ2v) is 5.30. The first kappa shape index (κ1) is 15.0. The van der Waals surface area contributed by atoms with Gasteiger partial charge in [0.05, 0.1) is 17.7 Å². The van der Waals surface area contributed by atoms with E-state index < -0.39 is 5.78 Å². The lowest BCUT2D eigenvalue weighted by Crippen LogP contribution is -2.06. The van der Waals surface area contributed by atoms with E-state index in [1.165, 1.54) is 19.2 Å². The Morgan fingerprint density at radius 2 is 1.95 bits per heavy atom. The molecule has 106 valence electrons. The van der Waals surface area contributed by atoms with Gasteiger partial charge in [0, 0.05) is 0 Å². The third-order valence-corrected chi connectivity index (χ3v) is 3.59. The molecule has 1 aromatic heterocycles. The predicted octanol–water partition coefficient (Wildman–Crippen LogP) is 4.23. The van der Waals surface area contributed by atoms with E-state index in [-0.39, 0.29) is 38.0 Å². The number of phenols is 1. The van der Waals surface area contributed by atoms with E-state index in [1.807, 2.05) is 0 Å². The van der Waals surface area contributed by atoms with Gasteiger partial charge in [-0.15, -0.1) is 0 Å². The minimum absolute atomic E-state index is 0.0462. The van der Waals surface area contributed by atoms with Crippen LogP contribution in [0.5, 0.6) is 11.5 Å². The molecule has 4 nitrogen and oxygen atoms in total. The topological polar surface area (TPSA) is 62.3 Å². The van der Waals surface area contributed by atoms with Gasteiger partial charge in [-0.25, -0.2) is 0 Å². The van der Waals surface area contributed by atoms with Crippen molar-refractivity contribution in [2.24, 2.45) is 0 Å². The van der Waals surface area contributed by atoms with Crippen molar-refractivity contribution < 1.29 is 14.6 Å². The summed E-state index contributed by atoms with van der Waals surface area (Å²) >= 11 is 17.6. The molecule has 2 aromatic rings. The number of H-pyrrole nitrogens is 1. The highest BCUT2D eigenvalue weighted by atomic mass is 35.5. The number of halogens is 3. The molecular formula is C13H10Cl3NO3. The fraction of sp³-hybridized carbons (Fsp3) is 0.154. The minimum Gasteiger partial charge on any atom is -0.505 e. The molecule has 0 aliphatic heterocycles. The number of benzene rings is 1. The lowest BCUT2D eigenvalue weighted by Gasteiger charge is -2.13. The number of nitrogens with one attached hydrogen (secondary N) is 1. The molecule has 2 N–H and O–H groups in total. The van der Waals surface area contributed by atoms with Crippen molar-refractivity contribution in [2.45, 2.75) is 6.92 Å². The number of phenolic OH excluding ortho intramolecular Hbond substituents is 1. The van der Waals surface area contributed by atoms with Gasteiger partial charge >= 0.3 is 0 Å². The summed E-state index contributed by atoms with van der Waals surface area (Å²) in [7, 11) is 1.40. The molecule has 7 heteroatoms. The van der Waals surface area contributed by atoms with E-state index >= 15 is 0 Å². The smallest absolute Gasteiger partial charge is 0.203 e. The van der Waals surface area contributed by atoms with Crippen LogP contribution in [0.3, 0.4) is 0 Å². The molecule has 0 radical (unpaired) electrons. The second kappa shape index (κ2) is 5.56. The first-order valence-electron chi connectivity index (χ1n) is 5.51. The summed E-state index contributed by atoms with van der Waals surface area (Å²) in [5.41, 5.74) is 0.707. The standard InChI is InChI=1S/C13H10Cl3NO3/c1-5-3-7(14)11(19)9(12(5)20-2)10(18)6-4-8(15)17-13(6)16/h3-4,17,19H,1-2H3. The monoisotopic (exact) mass is 333 g/mol. The van der Waals surface area contributed by atoms with E-state index in [9.17, 15) is 9.90 Å². The molecular weight excluding hydrogens is 325 g/mol. The molecule has 0 unspecified atom stereocenters. The number of carbonyl (C=O) groups is 1. The van der Waals surface area contributed by atoms with Crippen LogP contribution in [0.25, 0.3) is 0 Å². The molecule has 0 atom stereocenters. The number of hydrogen-bond donors (Lipinski definition) is 2. The van der Waals surface area contributed by atoms with Gasteiger partial charge in [0.15, 0.2) is 0 Å². The van der Waals surface area contributed by atoms with Gasteiger partial charge in [-0.1, -0.05) is 34.8 Å². The first-order valence-corrected chi connectivity index (χ1v) is 6.65. The van der Waals surface area contributed by atoms with Gasteiger partial charge in [-0.2, -0.15) is 0 Å². The first-order chi connectivity index (χ1) is 9.36. The average molecular weight is 335 g/mol. The van der Waals surface area contributed by atoms with E-state index in [0.717, 1.165) is 0 Å². The van der Waals surface area contributed by atoms with Crippen LogP contribution < -0.4 is 4.74 Å². The maximum Gasteiger partial charge on any atom is 0.203 e. The maximum absolute atomic E-state index is 12.5. The number of rotatable bonds is 3. The van der Waals surface area contributed by atoms with Crippen molar-refractivity contribution in [3.63, 3.8) is 0 Å². The van der Waals surface area contributed by atoms with Gasteiger partial charge in [-0.05, 0) is 24.6 Å². The normalized spacial score (nSPS) is 10.7. The Balaban J connectivity index is 2.68. The van der Waals surface area contributed by atoms with E-state index in [0.29, 0.717) is 5.56 Å². The maximum atomic E-state index is 12.5. The van der Waals surface area contributed by atoms with Crippen LogP contribution in [0, 0.1) is 6.92 Å². The van der Waals surface area contributed by atoms with Gasteiger partial charge in [0.1, 0.15) is 27.4 Å². The number of aryl methyl sites for hydroxylation is 1. The van der Waals surface area contributed by atoms with Crippen molar-refractivity contribution in [3.05, 3.63) is 44.2 Å². The molecule has 0 bridgehead atoms. The largest absolute Gasteiger partial charge is 0.505 e. The summed E-state index contributed by atoms with van der Waals surface area (Å²) in [5, 5.41) is 10.4. The molecule has 0 spiro atoms. The summed E-state index contributed by atoms with van der Waals surface area (Å²) in [6.45, 7) is 1.71. The number of hydrogen-bond acceptors (Lipinski definition) is 3. The molecule has 2 rings (SSSR count). The Kier molecular flexibility index (Phi) is 4.18. The lowest BCUT2D eigenvalue weighted by atomic mass is 10.0. The number of aromatic amines is 1. The quantitative estimate of drug-likeness (QED) is 0.826. The molecule has 0 saturated carbocycles. The van der Waals surface area contributed by atoms with Gasteiger partial charge in [0.2, 0.25) is 5.78 Å². The van der Waals surface area contributed by atoms with Crippen LogP contribution >= 0.6 is 34.8 Å². The average Bonchev–Trinajstić information content (AvgIpc) is 2.71. The van der Waals surface area contributed by atoms with Crippen LogP contribution in [-0.2, 0) is 0 Å². The van der Waals surface area contributed by atoms with Crippen molar-refractivity contribution >= 4 is 40.6 Å². The fourth-order valence-electron chi connectivity index (χ4n) is 1.92. The number of carbonyl (C=O) groups excluding carboxylic acids is 1. The van der Waals surface area contributed by atoms with Crippen molar-refractivity contribution in [1.29, 1.82) is 0 Å². The van der Waals surface area contributed by atoms with Crippen LogP contribution in [0.1, 0.15) is 21.5 Å². The highest BCUT2D eigenvalue weighted by molar-refractivity contribution is 6.38. The Morgan fingerprint density at radius 3 is 2.45 bits per heavy atom. The van der Waals surface area contributed by atoms with Crippen LogP contribution in [0.2, 0.25) is 15.3 Å². The van der Waals surface area contributed by atoms with Gasteiger partial charge in [0.25, 0.3) is 0 Å². The van der Waals surface area contributed by atoms with Crippen LogP contribution in [-0.4, -0.2) is 23.0 Å². The molecule has 0 amide bonds. The van der Waals surface area contributed by atoms with E-state index in [4.69, 9.17) is 39.5 Å². The molecule has 20 heavy (non-hydrogen) atoms. The van der Waals surface area contributed by atoms with Crippen molar-refractivity contribution in [3.8, 4) is 11.5 Å². The molecule has 1 aromatic carbocycles. The molecule has 0 saturated heterocycles. The van der Waals surface area contributed by atoms with E-state index in [1.54, 1.807) is 6.92 Å². The van der Waals surface area contributed by atoms with Crippen molar-refractivity contribution in [1.82, 2.24) is 4.98 Å². The predicted molar refractivity (Wildman–Crippen MR) is 78.7 cm³/mol. The highest BCUT2D eigenvalue weighted by Gasteiger charge is 2.26. The zero-order chi connectivity index (χ0) is 15.0. The third kappa shape index (κ3) is 2.46. The zero-order valence-electron chi connectivity index (χ0n) is 10.6. The number of ether oxygens (including phenoxy) is 1. The second-order valence-electron chi connectivity index (χ2n) is 4.11. The Bertz CT molecular complexity index is 695. The summed E-state index contributed by atoms with van der Waals surface area (Å²) in [4.78, 5) is 15.1. The van der Waals surface area contributed by atoms with Gasteiger partial charge in [-0.3, -0.25) is 4.79 Å². The third-order valence-electron chi connectivity index (χ3n) is 2.80. The molecule has 0 aliphatic carbocycles. The Hall–Kier alpha value is -1.36. The highest BCUT2D eigenvalue weighted by Crippen LogP contribution is 2.39. The van der Waals surface area contributed by atoms with Gasteiger partial charge < -0.3 is 14.8 Å². The summed E-state index contributed by atoms with van der Waals surface area (Å²) in [6, 6.07) is 2.89. The molecule has 0 aliphatic rings. The summed E-state index contributed by atoms with van der Waals surface area (Å²) < 4.78 is 5.18. The van der Waals surface area contributed by atoms with Crippen LogP contribution in [0.15, 0.2) is 12.1 Å². The number of methoxy groups -OCH3 is 1. The fourth-order valence-corrected chi connectivity index (χ4v) is 2.67. The number of aromatic hydroxyl groups is 1. The minimum atomic E-state index is -0.530. The zero-order valence-corrected chi connectivity index (χ0v) is 12.8. The van der Waals surface area contributed by atoms with Crippen LogP contribution in [0.4, 0.5) is 0 Å². The number of aromatic nitrogens is 1. The SMILES string of the molecule is COc1c(C)cc(Cl)c(O)c1C(=O)c1cc(Cl)[nH]c1Cl. The Morgan fingerprint density at radius 1 is 1.30 bits per heavy atom.